The summed E-state index contributed by atoms with van der Waals surface area (Å²) in [5.41, 5.74) is 1.27. The second-order valence-corrected chi connectivity index (χ2v) is 20.4. The number of morpholine rings is 1. The van der Waals surface area contributed by atoms with E-state index in [0.717, 1.165) is 36.4 Å². The number of hydrazone groups is 2. The highest BCUT2D eigenvalue weighted by molar-refractivity contribution is 7.91. The number of aromatic amines is 1. The van der Waals surface area contributed by atoms with Gasteiger partial charge in [-0.2, -0.15) is 53.8 Å². The van der Waals surface area contributed by atoms with Crippen molar-refractivity contribution in [1.82, 2.24) is 15.0 Å². The van der Waals surface area contributed by atoms with Crippen LogP contribution in [-0.4, -0.2) is 123 Å². The van der Waals surface area contributed by atoms with E-state index in [1.54, 1.807) is 35.2 Å². The molecular weight excluding hydrogens is 1000 g/mol. The van der Waals surface area contributed by atoms with Gasteiger partial charge in [-0.3, -0.25) is 43.6 Å². The van der Waals surface area contributed by atoms with Crippen molar-refractivity contribution in [3.63, 3.8) is 0 Å². The van der Waals surface area contributed by atoms with Gasteiger partial charge >= 0.3 is 0 Å². The van der Waals surface area contributed by atoms with E-state index >= 15 is 0 Å². The van der Waals surface area contributed by atoms with Crippen LogP contribution < -0.4 is 31.4 Å². The highest BCUT2D eigenvalue weighted by Gasteiger charge is 2.37. The summed E-state index contributed by atoms with van der Waals surface area (Å²) in [6.45, 7) is 1.09. The minimum Gasteiger partial charge on any atom is -0.497 e. The summed E-state index contributed by atoms with van der Waals surface area (Å²) in [4.78, 5) is 42.4. The predicted molar refractivity (Wildman–Crippen MR) is 250 cm³/mol. The van der Waals surface area contributed by atoms with Gasteiger partial charge in [-0.15, -0.1) is 0 Å². The summed E-state index contributed by atoms with van der Waals surface area (Å²) in [5, 5.41) is 10.7. The number of Topliss-reactive ketones (excluding diaryl/α,β-unsaturated/α-hetero) is 2. The quantitative estimate of drug-likeness (QED) is 0.0620. The number of benzene rings is 4. The summed E-state index contributed by atoms with van der Waals surface area (Å²) in [5.74, 6) is -2.32. The van der Waals surface area contributed by atoms with Crippen LogP contribution in [-0.2, 0) is 45.2 Å². The molecule has 3 aliphatic rings. The zero-order valence-electron chi connectivity index (χ0n) is 35.5. The third-order valence-electron chi connectivity index (χ3n) is 10.2. The number of aromatic nitrogens is 3. The molecular formula is C40H34N10O16S4. The number of anilines is 5. The van der Waals surface area contributed by atoms with Crippen molar-refractivity contribution in [2.75, 3.05) is 54.5 Å². The molecule has 1 saturated heterocycles. The minimum atomic E-state index is -5.21. The maximum Gasteiger partial charge on any atom is 0.296 e. The number of nitrogens with zero attached hydrogens (tertiary/aromatic N) is 6. The summed E-state index contributed by atoms with van der Waals surface area (Å²) >= 11 is 0. The lowest BCUT2D eigenvalue weighted by Crippen LogP contribution is -2.38. The molecule has 2 aliphatic carbocycles. The van der Waals surface area contributed by atoms with Crippen molar-refractivity contribution in [2.24, 2.45) is 15.2 Å². The third-order valence-corrected chi connectivity index (χ3v) is 13.7. The van der Waals surface area contributed by atoms with Crippen LogP contribution in [0.2, 0.25) is 0 Å². The topological polar surface area (TPSA) is 388 Å². The molecule has 8 rings (SSSR count). The molecule has 8 N–H and O–H groups in total. The second-order valence-electron chi connectivity index (χ2n) is 14.8. The first-order chi connectivity index (χ1) is 33.0. The van der Waals surface area contributed by atoms with Crippen molar-refractivity contribution in [3.8, 4) is 5.75 Å². The van der Waals surface area contributed by atoms with Gasteiger partial charge in [0.15, 0.2) is 11.4 Å². The van der Waals surface area contributed by atoms with Gasteiger partial charge in [-0.25, -0.2) is 4.99 Å². The largest absolute Gasteiger partial charge is 0.497 e. The van der Waals surface area contributed by atoms with Gasteiger partial charge < -0.3 is 19.7 Å². The number of nitrogens with one attached hydrogen (secondary N) is 4. The molecule has 0 bridgehead atoms. The molecule has 1 aromatic heterocycles. The normalized spacial score (nSPS) is 16.9. The fourth-order valence-corrected chi connectivity index (χ4v) is 9.53. The van der Waals surface area contributed by atoms with Crippen LogP contribution in [0.15, 0.2) is 114 Å². The molecule has 364 valence electrons. The summed E-state index contributed by atoms with van der Waals surface area (Å²) in [7, 11) is -19.2. The van der Waals surface area contributed by atoms with Crippen LogP contribution >= 0.6 is 0 Å². The van der Waals surface area contributed by atoms with Gasteiger partial charge in [0.25, 0.3) is 40.5 Å². The average molecular weight is 1040 g/mol. The molecule has 4 aromatic carbocycles. The number of fused-ring (bicyclic) bond motifs is 2. The van der Waals surface area contributed by atoms with E-state index in [2.05, 4.69) is 46.3 Å². The summed E-state index contributed by atoms with van der Waals surface area (Å²) in [6, 6.07) is 16.8. The van der Waals surface area contributed by atoms with Gasteiger partial charge in [0.2, 0.25) is 29.1 Å². The van der Waals surface area contributed by atoms with E-state index in [-0.39, 0.29) is 72.1 Å². The van der Waals surface area contributed by atoms with Crippen LogP contribution in [0.5, 0.6) is 5.75 Å². The zero-order valence-corrected chi connectivity index (χ0v) is 38.8. The van der Waals surface area contributed by atoms with Crippen molar-refractivity contribution in [3.05, 3.63) is 117 Å². The monoisotopic (exact) mass is 1040 g/mol. The number of H-pyrrole nitrogens is 1. The molecule has 0 radical (unpaired) electrons. The van der Waals surface area contributed by atoms with Crippen LogP contribution in [0.1, 0.15) is 31.8 Å². The molecule has 0 unspecified atom stereocenters. The number of hydrogen-bond acceptors (Lipinski definition) is 21. The van der Waals surface area contributed by atoms with E-state index in [0.29, 0.717) is 5.69 Å². The Morgan fingerprint density at radius 2 is 1.36 bits per heavy atom. The van der Waals surface area contributed by atoms with Gasteiger partial charge in [-0.05, 0) is 77.9 Å². The lowest BCUT2D eigenvalue weighted by atomic mass is 9.93. The van der Waals surface area contributed by atoms with Crippen molar-refractivity contribution >= 4 is 110 Å². The lowest BCUT2D eigenvalue weighted by Gasteiger charge is -2.27. The Kier molecular flexibility index (Phi) is 13.1. The van der Waals surface area contributed by atoms with Gasteiger partial charge in [-0.1, -0.05) is 18.2 Å². The molecule has 30 heteroatoms. The first kappa shape index (κ1) is 48.9. The fraction of sp³-hybridized carbons (Fsp3) is 0.125. The third kappa shape index (κ3) is 10.5. The Hall–Kier alpha value is -7.55. The van der Waals surface area contributed by atoms with Gasteiger partial charge in [0.05, 0.1) is 47.8 Å². The molecule has 0 amide bonds. The molecule has 0 saturated carbocycles. The fourth-order valence-electron chi connectivity index (χ4n) is 7.02. The van der Waals surface area contributed by atoms with Crippen LogP contribution in [0.4, 0.5) is 34.6 Å². The number of ether oxygens (including phenoxy) is 2. The van der Waals surface area contributed by atoms with Crippen molar-refractivity contribution in [2.45, 2.75) is 9.79 Å². The Bertz CT molecular complexity index is 3700. The molecule has 70 heavy (non-hydrogen) atoms. The van der Waals surface area contributed by atoms with E-state index in [1.165, 1.54) is 31.4 Å². The molecule has 1 fully saturated rings. The summed E-state index contributed by atoms with van der Waals surface area (Å²) < 4.78 is 150. The first-order valence-corrected chi connectivity index (χ1v) is 25.5. The number of para-hydroxylation sites is 1. The average Bonchev–Trinajstić information content (AvgIpc) is 3.30. The second kappa shape index (κ2) is 18.7. The van der Waals surface area contributed by atoms with E-state index in [9.17, 15) is 61.5 Å². The maximum atomic E-state index is 14.2. The molecule has 5 aromatic rings. The van der Waals surface area contributed by atoms with E-state index < -0.39 is 99.9 Å². The number of rotatable bonds is 13. The van der Waals surface area contributed by atoms with Crippen LogP contribution in [0, 0.1) is 0 Å². The highest BCUT2D eigenvalue weighted by atomic mass is 32.2. The first-order valence-electron chi connectivity index (χ1n) is 19.8. The number of hydrogen-bond donors (Lipinski definition) is 8. The van der Waals surface area contributed by atoms with E-state index in [4.69, 9.17) is 9.47 Å². The van der Waals surface area contributed by atoms with Gasteiger partial charge in [0, 0.05) is 30.4 Å². The SMILES string of the molecule is COc1ccc(N/N=C2/C(=O)c3ccc(Nc4nc(N5CCOCC5)[nH]c(=Nc5cc(S(=O)(=O)O)cc6c5C(=O)/C(=N/Nc5ccccc5)C(S(=O)(=O)O)=C6)n4)cc3C=C2S(=O)(=O)O)c(S(=O)(=O)O)c1. The Morgan fingerprint density at radius 1 is 0.700 bits per heavy atom. The minimum absolute atomic E-state index is 0.0212. The highest BCUT2D eigenvalue weighted by Crippen LogP contribution is 2.36. The number of carbonyl (C=O) groups is 2. The summed E-state index contributed by atoms with van der Waals surface area (Å²) in [6.07, 6.45) is 1.68. The van der Waals surface area contributed by atoms with Crippen LogP contribution in [0.3, 0.4) is 0 Å². The molecule has 1 aliphatic heterocycles. The number of allylic oxidation sites excluding steroid dienone is 2. The molecule has 0 atom stereocenters. The smallest absolute Gasteiger partial charge is 0.296 e. The molecule has 26 nitrogen and oxygen atoms in total. The van der Waals surface area contributed by atoms with Crippen molar-refractivity contribution in [1.29, 1.82) is 0 Å². The molecule has 0 spiro atoms. The Morgan fingerprint density at radius 3 is 2.00 bits per heavy atom. The number of ketones is 2. The number of carbonyl (C=O) groups excluding carboxylic acids is 2. The maximum absolute atomic E-state index is 14.2. The standard InChI is InChI=1S/C40H34N10O16S4/c1-65-25-8-10-28(30(19-25)68(56,57)58)47-49-34-31(69(59,60)61)17-21-15-24(7-9-27(21)36(34)51)41-38-43-39(45-40(44-38)50-11-13-66-14-12-50)42-29-20-26(67(53,54)55)16-22-18-32(70(62,63)64)35(37(52)33(22)29)48-46-23-5-3-2-4-6-23/h2-10,15-20,46-47H,11-14H2,1H3,(H,53,54,55)(H,56,57,58)(H,59,60,61)(H,62,63,64)(H2,41,42,43,44,45)/b48-35+,49-34+. The number of methoxy groups -OCH3 is 1. The van der Waals surface area contributed by atoms with Crippen LogP contribution in [0.25, 0.3) is 12.2 Å². The lowest BCUT2D eigenvalue weighted by molar-refractivity contribution is 0.105. The van der Waals surface area contributed by atoms with Crippen molar-refractivity contribution < 1.29 is 70.9 Å². The Balaban J connectivity index is 1.22. The van der Waals surface area contributed by atoms with E-state index in [1.807, 2.05) is 0 Å². The molecule has 2 heterocycles. The van der Waals surface area contributed by atoms with Gasteiger partial charge in [0.1, 0.15) is 20.5 Å². The zero-order chi connectivity index (χ0) is 50.3. The Labute approximate surface area is 396 Å². The predicted octanol–water partition coefficient (Wildman–Crippen LogP) is 2.91.